The lowest BCUT2D eigenvalue weighted by atomic mass is 9.89. The van der Waals surface area contributed by atoms with Crippen molar-refractivity contribution in [1.29, 1.82) is 0 Å². The van der Waals surface area contributed by atoms with Crippen LogP contribution in [-0.4, -0.2) is 22.2 Å². The van der Waals surface area contributed by atoms with E-state index < -0.39 is 11.4 Å². The molecule has 7 nitrogen and oxygen atoms in total. The van der Waals surface area contributed by atoms with Crippen LogP contribution in [0.5, 0.6) is 5.75 Å². The van der Waals surface area contributed by atoms with Gasteiger partial charge < -0.3 is 15.8 Å². The Balaban J connectivity index is 1.49. The SMILES string of the molecule is CCCC(C)(N)c1ccc(N=Nc2c(O)c(C(=O)N=Cc3ccccc3CC)cc3ccc4c5ccccc5[nH]c4c23)cc1. The summed E-state index contributed by atoms with van der Waals surface area (Å²) in [5.74, 6) is -0.835. The average molecular weight is 582 g/mol. The van der Waals surface area contributed by atoms with Crippen molar-refractivity contribution in [3.05, 3.63) is 113 Å². The van der Waals surface area contributed by atoms with Crippen LogP contribution in [0.1, 0.15) is 60.7 Å². The van der Waals surface area contributed by atoms with Gasteiger partial charge in [0.2, 0.25) is 0 Å². The molecule has 44 heavy (non-hydrogen) atoms. The third kappa shape index (κ3) is 5.38. The third-order valence-corrected chi connectivity index (χ3v) is 8.28. The van der Waals surface area contributed by atoms with Crippen LogP contribution >= 0.6 is 0 Å². The molecule has 0 saturated carbocycles. The smallest absolute Gasteiger partial charge is 0.280 e. The van der Waals surface area contributed by atoms with E-state index in [1.54, 1.807) is 12.3 Å². The van der Waals surface area contributed by atoms with Crippen LogP contribution in [0.15, 0.2) is 106 Å². The minimum Gasteiger partial charge on any atom is -0.505 e. The number of amides is 1. The topological polar surface area (TPSA) is 116 Å². The van der Waals surface area contributed by atoms with E-state index in [-0.39, 0.29) is 17.0 Å². The zero-order valence-corrected chi connectivity index (χ0v) is 25.1. The monoisotopic (exact) mass is 581 g/mol. The quantitative estimate of drug-likeness (QED) is 0.123. The van der Waals surface area contributed by atoms with Gasteiger partial charge in [-0.3, -0.25) is 4.79 Å². The highest BCUT2D eigenvalue weighted by Crippen LogP contribution is 2.44. The number of phenolic OH excluding ortho intramolecular Hbond substituents is 1. The van der Waals surface area contributed by atoms with Crippen molar-refractivity contribution >= 4 is 56.1 Å². The number of azo groups is 1. The second-order valence-electron chi connectivity index (χ2n) is 11.4. The number of hydrogen-bond donors (Lipinski definition) is 3. The van der Waals surface area contributed by atoms with Gasteiger partial charge in [0, 0.05) is 33.4 Å². The van der Waals surface area contributed by atoms with Crippen molar-refractivity contribution < 1.29 is 9.90 Å². The maximum atomic E-state index is 13.4. The maximum Gasteiger partial charge on any atom is 0.280 e. The molecule has 6 rings (SSSR count). The Morgan fingerprint density at radius 1 is 0.932 bits per heavy atom. The highest BCUT2D eigenvalue weighted by molar-refractivity contribution is 6.22. The van der Waals surface area contributed by atoms with E-state index in [2.05, 4.69) is 34.1 Å². The van der Waals surface area contributed by atoms with Gasteiger partial charge in [-0.15, -0.1) is 5.11 Å². The van der Waals surface area contributed by atoms with Gasteiger partial charge >= 0.3 is 0 Å². The largest absolute Gasteiger partial charge is 0.505 e. The molecule has 1 aromatic heterocycles. The van der Waals surface area contributed by atoms with Crippen LogP contribution in [0.3, 0.4) is 0 Å². The molecule has 0 aliphatic carbocycles. The van der Waals surface area contributed by atoms with Crippen molar-refractivity contribution in [2.75, 3.05) is 0 Å². The van der Waals surface area contributed by atoms with Crippen LogP contribution in [0, 0.1) is 0 Å². The molecule has 1 unspecified atom stereocenters. The number of fused-ring (bicyclic) bond motifs is 5. The van der Waals surface area contributed by atoms with Crippen LogP contribution in [-0.2, 0) is 12.0 Å². The number of para-hydroxylation sites is 1. The molecular weight excluding hydrogens is 546 g/mol. The van der Waals surface area contributed by atoms with Crippen LogP contribution in [0.2, 0.25) is 0 Å². The molecule has 1 heterocycles. The summed E-state index contributed by atoms with van der Waals surface area (Å²) in [6.07, 6.45) is 4.21. The molecule has 0 saturated heterocycles. The molecule has 0 bridgehead atoms. The van der Waals surface area contributed by atoms with Crippen molar-refractivity contribution in [3.8, 4) is 5.75 Å². The van der Waals surface area contributed by atoms with Crippen molar-refractivity contribution in [3.63, 3.8) is 0 Å². The van der Waals surface area contributed by atoms with Crippen molar-refractivity contribution in [1.82, 2.24) is 4.98 Å². The van der Waals surface area contributed by atoms with E-state index >= 15 is 0 Å². The number of H-pyrrole nitrogens is 1. The fourth-order valence-electron chi connectivity index (χ4n) is 5.90. The Morgan fingerprint density at radius 3 is 2.45 bits per heavy atom. The first-order valence-corrected chi connectivity index (χ1v) is 15.0. The number of rotatable bonds is 8. The zero-order valence-electron chi connectivity index (χ0n) is 25.1. The number of aromatic amines is 1. The summed E-state index contributed by atoms with van der Waals surface area (Å²) in [7, 11) is 0. The van der Waals surface area contributed by atoms with Gasteiger partial charge in [0.1, 0.15) is 5.69 Å². The average Bonchev–Trinajstić information content (AvgIpc) is 3.42. The molecule has 1 atom stereocenters. The highest BCUT2D eigenvalue weighted by atomic mass is 16.3. The van der Waals surface area contributed by atoms with E-state index in [9.17, 15) is 9.90 Å². The number of nitrogens with one attached hydrogen (secondary N) is 1. The summed E-state index contributed by atoms with van der Waals surface area (Å²) in [5.41, 5.74) is 11.7. The summed E-state index contributed by atoms with van der Waals surface area (Å²) in [6.45, 7) is 6.19. The second-order valence-corrected chi connectivity index (χ2v) is 11.4. The van der Waals surface area contributed by atoms with E-state index in [0.29, 0.717) is 11.1 Å². The summed E-state index contributed by atoms with van der Waals surface area (Å²) in [5, 5.41) is 24.1. The Labute approximate surface area is 256 Å². The number of aromatic hydroxyl groups is 1. The molecule has 5 aromatic carbocycles. The number of aryl methyl sites for hydroxylation is 1. The normalized spacial score (nSPS) is 13.5. The predicted molar refractivity (Wildman–Crippen MR) is 180 cm³/mol. The number of phenols is 1. The molecule has 0 radical (unpaired) electrons. The highest BCUT2D eigenvalue weighted by Gasteiger charge is 2.22. The Kier molecular flexibility index (Phi) is 7.80. The fraction of sp³-hybridized carbons (Fsp3) is 0.189. The molecule has 0 aliphatic rings. The minimum absolute atomic E-state index is 0.0564. The molecule has 4 N–H and O–H groups in total. The molecule has 0 aliphatic heterocycles. The van der Waals surface area contributed by atoms with Crippen LogP contribution in [0.25, 0.3) is 32.6 Å². The molecule has 1 amide bonds. The first-order chi connectivity index (χ1) is 21.3. The lowest BCUT2D eigenvalue weighted by molar-refractivity contribution is 0.100. The number of aromatic nitrogens is 1. The summed E-state index contributed by atoms with van der Waals surface area (Å²) < 4.78 is 0. The van der Waals surface area contributed by atoms with Gasteiger partial charge in [-0.1, -0.05) is 87.0 Å². The van der Waals surface area contributed by atoms with E-state index in [0.717, 1.165) is 63.1 Å². The summed E-state index contributed by atoms with van der Waals surface area (Å²) in [4.78, 5) is 21.2. The molecule has 220 valence electrons. The van der Waals surface area contributed by atoms with Crippen molar-refractivity contribution in [2.24, 2.45) is 21.0 Å². The predicted octanol–water partition coefficient (Wildman–Crippen LogP) is 9.39. The van der Waals surface area contributed by atoms with Crippen molar-refractivity contribution in [2.45, 2.75) is 45.6 Å². The molecule has 0 fully saturated rings. The van der Waals surface area contributed by atoms with E-state index in [4.69, 9.17) is 5.73 Å². The Bertz CT molecular complexity index is 2070. The Hall–Kier alpha value is -5.14. The number of nitrogens with two attached hydrogens (primary N) is 1. The number of benzene rings is 5. The number of nitrogens with zero attached hydrogens (tertiary/aromatic N) is 3. The van der Waals surface area contributed by atoms with Gasteiger partial charge in [0.15, 0.2) is 5.75 Å². The van der Waals surface area contributed by atoms with Gasteiger partial charge in [-0.25, -0.2) is 4.99 Å². The fourth-order valence-corrected chi connectivity index (χ4v) is 5.90. The summed E-state index contributed by atoms with van der Waals surface area (Å²) in [6, 6.07) is 29.1. The second kappa shape index (κ2) is 11.9. The Morgan fingerprint density at radius 2 is 1.68 bits per heavy atom. The lowest BCUT2D eigenvalue weighted by Gasteiger charge is -2.24. The number of aliphatic imine (C=N–C) groups is 1. The van der Waals surface area contributed by atoms with Gasteiger partial charge in [0.25, 0.3) is 5.91 Å². The number of carbonyl (C=O) groups excluding carboxylic acids is 1. The standard InChI is InChI=1S/C37H35N5O2/c1-4-20-37(3,38)26-15-17-27(18-16-26)41-42-34-32-24(14-19-29-28-12-8-9-13-31(28)40-33(29)32)21-30(35(34)43)36(44)39-22-25-11-7-6-10-23(25)5-2/h6-19,21-22,40,43H,4-5,20,38H2,1-3H3. The number of hydrogen-bond acceptors (Lipinski definition) is 5. The first-order valence-electron chi connectivity index (χ1n) is 15.0. The first kappa shape index (κ1) is 29.0. The van der Waals surface area contributed by atoms with E-state index in [1.807, 2.05) is 91.9 Å². The molecular formula is C37H35N5O2. The lowest BCUT2D eigenvalue weighted by Crippen LogP contribution is -2.32. The summed E-state index contributed by atoms with van der Waals surface area (Å²) >= 11 is 0. The van der Waals surface area contributed by atoms with Gasteiger partial charge in [-0.05, 0) is 66.1 Å². The van der Waals surface area contributed by atoms with Crippen LogP contribution in [0.4, 0.5) is 11.4 Å². The molecule has 7 heteroatoms. The number of carbonyl (C=O) groups is 1. The molecule has 6 aromatic rings. The third-order valence-electron chi connectivity index (χ3n) is 8.28. The van der Waals surface area contributed by atoms with Gasteiger partial charge in [-0.2, -0.15) is 5.11 Å². The van der Waals surface area contributed by atoms with Gasteiger partial charge in [0.05, 0.1) is 16.8 Å². The zero-order chi connectivity index (χ0) is 30.8. The molecule has 0 spiro atoms. The maximum absolute atomic E-state index is 13.4. The van der Waals surface area contributed by atoms with Crippen LogP contribution < -0.4 is 5.73 Å². The minimum atomic E-state index is -0.564. The van der Waals surface area contributed by atoms with E-state index in [1.165, 1.54) is 0 Å².